The molecule has 0 rings (SSSR count). The molecule has 0 aromatic carbocycles. The topological polar surface area (TPSA) is 314 Å². The number of carbonyl (C=O) groups is 4. The molecule has 0 amide bonds. The number of aliphatic hydroxyl groups excluding tert-OH is 4. The average molecular weight is 1190 g/mol. The summed E-state index contributed by atoms with van der Waals surface area (Å²) in [4.78, 5) is 69.4. The summed E-state index contributed by atoms with van der Waals surface area (Å²) in [6, 6.07) is 0. The first-order valence-electron chi connectivity index (χ1n) is 31.0. The third kappa shape index (κ3) is 75.3. The van der Waals surface area contributed by atoms with Crippen LogP contribution in [0.4, 0.5) is 0 Å². The van der Waals surface area contributed by atoms with Gasteiger partial charge in [0, 0.05) is 26.2 Å². The highest BCUT2D eigenvalue weighted by molar-refractivity contribution is 5.71. The molecule has 0 aliphatic rings. The zero-order chi connectivity index (χ0) is 62.7. The Morgan fingerprint density at radius 1 is 0.317 bits per heavy atom. The minimum absolute atomic E-state index is 0.0449. The van der Waals surface area contributed by atoms with Crippen molar-refractivity contribution in [3.8, 4) is 0 Å². The number of ether oxygens (including phenoxy) is 4. The summed E-state index contributed by atoms with van der Waals surface area (Å²) in [5.74, 6) is -1.87. The predicted octanol–water partition coefficient (Wildman–Crippen LogP) is 9.34. The van der Waals surface area contributed by atoms with Crippen molar-refractivity contribution in [3.63, 3.8) is 0 Å². The molecule has 0 radical (unpaired) electrons. The smallest absolute Gasteiger partial charge is 0.307 e. The van der Waals surface area contributed by atoms with Crippen molar-refractivity contribution in [2.45, 2.75) is 247 Å². The van der Waals surface area contributed by atoms with E-state index in [1.54, 1.807) is 0 Å². The number of aliphatic hydroxyl groups is 4. The molecule has 0 bridgehead atoms. The largest absolute Gasteiger partial charge is 0.463 e. The fourth-order valence-corrected chi connectivity index (χ4v) is 7.30. The number of rotatable bonds is 52. The van der Waals surface area contributed by atoms with Gasteiger partial charge in [0.15, 0.2) is 0 Å². The highest BCUT2D eigenvalue weighted by Crippen LogP contribution is 2.09. The SMILES string of the molecule is CCCCCC(O)CC.CCCCCC(O)CC.CCCCCC(O)CC.CCCCCC(O)CC.CN(CCCN(CCC(=O)OCCOO)CCC(=O)OCCOO)CCCN(CCC(=O)OCCOO)CCC(=O)OCCOO. The molecule has 0 aliphatic carbocycles. The summed E-state index contributed by atoms with van der Waals surface area (Å²) >= 11 is 0. The number of esters is 4. The fraction of sp³-hybridized carbons (Fsp3) is 0.932. The van der Waals surface area contributed by atoms with Crippen molar-refractivity contribution < 1.29 is 99.1 Å². The normalized spacial score (nSPS) is 12.3. The summed E-state index contributed by atoms with van der Waals surface area (Å²) in [7, 11) is 1.96. The standard InChI is InChI=1S/C27H51N3O16.4C8H18O/c1-28(8-2-10-29(12-4-24(31)39-16-20-43-35)13-5-25(32)40-17-21-44-36)9-3-11-30(14-6-26(33)41-18-22-45-37)15-7-27(34)42-19-23-46-38;4*1-3-5-6-7-8(9)4-2/h35-38H,2-23H2,1H3;4*8-9H,3-7H2,1-2H3. The lowest BCUT2D eigenvalue weighted by molar-refractivity contribution is -0.248. The summed E-state index contributed by atoms with van der Waals surface area (Å²) < 4.78 is 19.9. The summed E-state index contributed by atoms with van der Waals surface area (Å²) in [5, 5.41) is 69.7. The molecule has 23 heteroatoms. The molecule has 4 unspecified atom stereocenters. The van der Waals surface area contributed by atoms with Crippen LogP contribution in [0.2, 0.25) is 0 Å². The van der Waals surface area contributed by atoms with Crippen LogP contribution in [-0.2, 0) is 57.7 Å². The molecule has 8 N–H and O–H groups in total. The van der Waals surface area contributed by atoms with E-state index in [1.165, 1.54) is 77.0 Å². The van der Waals surface area contributed by atoms with E-state index in [4.69, 9.17) is 60.4 Å². The van der Waals surface area contributed by atoms with Crippen molar-refractivity contribution in [3.05, 3.63) is 0 Å². The zero-order valence-electron chi connectivity index (χ0n) is 52.8. The van der Waals surface area contributed by atoms with Crippen molar-refractivity contribution in [2.24, 2.45) is 0 Å². The fourth-order valence-electron chi connectivity index (χ4n) is 7.30. The Morgan fingerprint density at radius 2 is 0.537 bits per heavy atom. The lowest BCUT2D eigenvalue weighted by Crippen LogP contribution is -2.34. The number of hydrogen-bond donors (Lipinski definition) is 8. The Labute approximate surface area is 495 Å². The monoisotopic (exact) mass is 1190 g/mol. The van der Waals surface area contributed by atoms with Crippen LogP contribution in [0.1, 0.15) is 222 Å². The summed E-state index contributed by atoms with van der Waals surface area (Å²) in [5.41, 5.74) is 0. The maximum atomic E-state index is 12.0. The molecule has 0 saturated carbocycles. The van der Waals surface area contributed by atoms with Crippen molar-refractivity contribution in [2.75, 3.05) is 112 Å². The molecule has 23 nitrogen and oxygen atoms in total. The first-order valence-corrected chi connectivity index (χ1v) is 31.0. The van der Waals surface area contributed by atoms with Gasteiger partial charge in [0.05, 0.1) is 50.1 Å². The van der Waals surface area contributed by atoms with Crippen LogP contribution in [0.15, 0.2) is 0 Å². The van der Waals surface area contributed by atoms with Gasteiger partial charge in [-0.1, -0.05) is 132 Å². The summed E-state index contributed by atoms with van der Waals surface area (Å²) in [6.07, 6.45) is 24.0. The molecule has 0 aromatic rings. The number of carbonyl (C=O) groups excluding carboxylic acids is 4. The van der Waals surface area contributed by atoms with Crippen molar-refractivity contribution >= 4 is 23.9 Å². The van der Waals surface area contributed by atoms with E-state index in [2.05, 4.69) is 52.1 Å². The Hall–Kier alpha value is -2.72. The van der Waals surface area contributed by atoms with E-state index >= 15 is 0 Å². The second kappa shape index (κ2) is 72.5. The maximum absolute atomic E-state index is 12.0. The Kier molecular flexibility index (Phi) is 77.9. The highest BCUT2D eigenvalue weighted by atomic mass is 17.1. The van der Waals surface area contributed by atoms with Gasteiger partial charge in [0.1, 0.15) is 52.9 Å². The molecule has 82 heavy (non-hydrogen) atoms. The highest BCUT2D eigenvalue weighted by Gasteiger charge is 2.15. The van der Waals surface area contributed by atoms with Gasteiger partial charge in [-0.05, 0) is 97.4 Å². The van der Waals surface area contributed by atoms with Gasteiger partial charge in [0.2, 0.25) is 0 Å². The quantitative estimate of drug-likeness (QED) is 0.00924. The third-order valence-electron chi connectivity index (χ3n) is 12.8. The number of unbranched alkanes of at least 4 members (excludes halogenated alkanes) is 8. The molecule has 0 fully saturated rings. The Balaban J connectivity index is -0.000000433. The zero-order valence-corrected chi connectivity index (χ0v) is 52.8. The Morgan fingerprint density at radius 3 is 0.720 bits per heavy atom. The predicted molar refractivity (Wildman–Crippen MR) is 318 cm³/mol. The summed E-state index contributed by atoms with van der Waals surface area (Å²) in [6.45, 7) is 19.9. The van der Waals surface area contributed by atoms with Gasteiger partial charge < -0.3 is 54.1 Å². The molecule has 0 saturated heterocycles. The minimum Gasteiger partial charge on any atom is -0.463 e. The lowest BCUT2D eigenvalue weighted by atomic mass is 10.1. The van der Waals surface area contributed by atoms with Gasteiger partial charge in [0.25, 0.3) is 0 Å². The van der Waals surface area contributed by atoms with Crippen LogP contribution in [0.3, 0.4) is 0 Å². The second-order valence-corrected chi connectivity index (χ2v) is 20.1. The van der Waals surface area contributed by atoms with Crippen LogP contribution >= 0.6 is 0 Å². The van der Waals surface area contributed by atoms with Crippen LogP contribution in [-0.4, -0.2) is 217 Å². The van der Waals surface area contributed by atoms with Crippen LogP contribution in [0.5, 0.6) is 0 Å². The van der Waals surface area contributed by atoms with E-state index in [0.717, 1.165) is 64.2 Å². The van der Waals surface area contributed by atoms with E-state index in [-0.39, 0.29) is 103 Å². The molecule has 0 spiro atoms. The van der Waals surface area contributed by atoms with Gasteiger partial charge in [-0.25, -0.2) is 19.6 Å². The minimum atomic E-state index is -0.466. The second-order valence-electron chi connectivity index (χ2n) is 20.1. The number of nitrogens with zero attached hydrogens (tertiary/aromatic N) is 3. The lowest BCUT2D eigenvalue weighted by Gasteiger charge is -2.25. The third-order valence-corrected chi connectivity index (χ3v) is 12.8. The molecule has 0 aromatic heterocycles. The number of hydrogen-bond acceptors (Lipinski definition) is 23. The Bertz CT molecular complexity index is 1140. The first kappa shape index (κ1) is 88.0. The molecule has 0 heterocycles. The van der Waals surface area contributed by atoms with Crippen LogP contribution < -0.4 is 0 Å². The molecule has 494 valence electrons. The average Bonchev–Trinajstić information content (AvgIpc) is 3.47. The van der Waals surface area contributed by atoms with Crippen LogP contribution in [0.25, 0.3) is 0 Å². The van der Waals surface area contributed by atoms with Gasteiger partial charge in [-0.3, -0.25) is 40.2 Å². The molecular formula is C59H123N3O20. The van der Waals surface area contributed by atoms with Crippen LogP contribution in [0, 0.1) is 0 Å². The first-order chi connectivity index (χ1) is 39.5. The molecular weight excluding hydrogens is 1070 g/mol. The van der Waals surface area contributed by atoms with E-state index in [9.17, 15) is 19.2 Å². The van der Waals surface area contributed by atoms with E-state index < -0.39 is 23.9 Å². The van der Waals surface area contributed by atoms with Gasteiger partial charge in [-0.15, -0.1) is 0 Å². The van der Waals surface area contributed by atoms with Gasteiger partial charge >= 0.3 is 23.9 Å². The maximum Gasteiger partial charge on any atom is 0.307 e. The van der Waals surface area contributed by atoms with Crippen molar-refractivity contribution in [1.29, 1.82) is 0 Å². The van der Waals surface area contributed by atoms with E-state index in [0.29, 0.717) is 52.4 Å². The van der Waals surface area contributed by atoms with Gasteiger partial charge in [-0.2, -0.15) is 0 Å². The molecule has 4 atom stereocenters. The van der Waals surface area contributed by atoms with Crippen molar-refractivity contribution in [1.82, 2.24) is 14.7 Å². The van der Waals surface area contributed by atoms with E-state index in [1.807, 2.05) is 44.5 Å². The molecule has 0 aliphatic heterocycles.